The third-order valence-corrected chi connectivity index (χ3v) is 5.63. The Balaban J connectivity index is 1.43. The lowest BCUT2D eigenvalue weighted by Gasteiger charge is -2.32. The van der Waals surface area contributed by atoms with Crippen LogP contribution < -0.4 is 4.74 Å². The van der Waals surface area contributed by atoms with E-state index in [1.165, 1.54) is 0 Å². The van der Waals surface area contributed by atoms with Gasteiger partial charge in [-0.15, -0.1) is 0 Å². The van der Waals surface area contributed by atoms with E-state index in [9.17, 15) is 4.79 Å². The van der Waals surface area contributed by atoms with Crippen LogP contribution in [0.5, 0.6) is 5.75 Å². The SMILES string of the molecule is COc1ccc2cc(C(C)C(=O)OCCCCN3CCN(C)CC3)ccc2c1. The molecule has 0 amide bonds. The molecule has 3 rings (SSSR count). The highest BCUT2D eigenvalue weighted by Crippen LogP contribution is 2.25. The number of hydrogen-bond donors (Lipinski definition) is 0. The number of carbonyl (C=O) groups is 1. The molecule has 1 unspecified atom stereocenters. The van der Waals surface area contributed by atoms with Gasteiger partial charge in [-0.3, -0.25) is 4.79 Å². The van der Waals surface area contributed by atoms with Crippen LogP contribution in [-0.4, -0.2) is 69.3 Å². The van der Waals surface area contributed by atoms with E-state index in [1.54, 1.807) is 7.11 Å². The van der Waals surface area contributed by atoms with Crippen molar-refractivity contribution in [1.29, 1.82) is 0 Å². The molecule has 28 heavy (non-hydrogen) atoms. The van der Waals surface area contributed by atoms with Crippen LogP contribution >= 0.6 is 0 Å². The average Bonchev–Trinajstić information content (AvgIpc) is 2.73. The van der Waals surface area contributed by atoms with Gasteiger partial charge in [-0.2, -0.15) is 0 Å². The predicted octanol–water partition coefficient (Wildman–Crippen LogP) is 3.52. The molecule has 152 valence electrons. The fourth-order valence-corrected chi connectivity index (χ4v) is 3.58. The predicted molar refractivity (Wildman–Crippen MR) is 113 cm³/mol. The molecule has 1 heterocycles. The number of hydrogen-bond acceptors (Lipinski definition) is 5. The second kappa shape index (κ2) is 9.89. The lowest BCUT2D eigenvalue weighted by atomic mass is 9.98. The maximum atomic E-state index is 12.4. The molecular weight excluding hydrogens is 352 g/mol. The molecule has 1 saturated heterocycles. The van der Waals surface area contributed by atoms with Crippen LogP contribution in [0.4, 0.5) is 0 Å². The van der Waals surface area contributed by atoms with Crippen LogP contribution in [0.1, 0.15) is 31.2 Å². The Morgan fingerprint density at radius 1 is 1.04 bits per heavy atom. The summed E-state index contributed by atoms with van der Waals surface area (Å²) in [5.74, 6) is 0.431. The Hall–Kier alpha value is -2.11. The first-order chi connectivity index (χ1) is 13.6. The summed E-state index contributed by atoms with van der Waals surface area (Å²) in [4.78, 5) is 17.3. The van der Waals surface area contributed by atoms with Gasteiger partial charge in [-0.1, -0.05) is 24.3 Å². The van der Waals surface area contributed by atoms with Crippen LogP contribution in [0.25, 0.3) is 10.8 Å². The number of unbranched alkanes of at least 4 members (excludes halogenated alkanes) is 1. The summed E-state index contributed by atoms with van der Waals surface area (Å²) in [5, 5.41) is 2.21. The normalized spacial score (nSPS) is 16.8. The third-order valence-electron chi connectivity index (χ3n) is 5.63. The fraction of sp³-hybridized carbons (Fsp3) is 0.522. The molecular formula is C23H32N2O3. The van der Waals surface area contributed by atoms with Crippen molar-refractivity contribution in [3.63, 3.8) is 0 Å². The number of methoxy groups -OCH3 is 1. The highest BCUT2D eigenvalue weighted by Gasteiger charge is 2.17. The molecule has 2 aromatic carbocycles. The Morgan fingerprint density at radius 2 is 1.75 bits per heavy atom. The first-order valence-electron chi connectivity index (χ1n) is 10.2. The van der Waals surface area contributed by atoms with Gasteiger partial charge in [0.1, 0.15) is 5.75 Å². The molecule has 0 radical (unpaired) electrons. The van der Waals surface area contributed by atoms with Crippen molar-refractivity contribution in [3.05, 3.63) is 42.0 Å². The molecule has 0 spiro atoms. The number of esters is 1. The molecule has 0 aromatic heterocycles. The maximum absolute atomic E-state index is 12.4. The van der Waals surface area contributed by atoms with Crippen molar-refractivity contribution in [2.45, 2.75) is 25.7 Å². The fourth-order valence-electron chi connectivity index (χ4n) is 3.58. The zero-order chi connectivity index (χ0) is 19.9. The number of benzene rings is 2. The second-order valence-electron chi connectivity index (χ2n) is 7.71. The van der Waals surface area contributed by atoms with E-state index >= 15 is 0 Å². The first kappa shape index (κ1) is 20.6. The number of nitrogens with zero attached hydrogens (tertiary/aromatic N) is 2. The quantitative estimate of drug-likeness (QED) is 0.515. The topological polar surface area (TPSA) is 42.0 Å². The van der Waals surface area contributed by atoms with Gasteiger partial charge in [0, 0.05) is 26.2 Å². The zero-order valence-corrected chi connectivity index (χ0v) is 17.3. The van der Waals surface area contributed by atoms with Crippen LogP contribution in [-0.2, 0) is 9.53 Å². The highest BCUT2D eigenvalue weighted by atomic mass is 16.5. The van der Waals surface area contributed by atoms with E-state index in [1.807, 2.05) is 37.3 Å². The molecule has 1 aliphatic rings. The van der Waals surface area contributed by atoms with E-state index < -0.39 is 0 Å². The molecule has 1 atom stereocenters. The lowest BCUT2D eigenvalue weighted by molar-refractivity contribution is -0.145. The first-order valence-corrected chi connectivity index (χ1v) is 10.2. The Labute approximate surface area is 168 Å². The summed E-state index contributed by atoms with van der Waals surface area (Å²) >= 11 is 0. The van der Waals surface area contributed by atoms with Crippen molar-refractivity contribution in [3.8, 4) is 5.75 Å². The van der Waals surface area contributed by atoms with E-state index in [-0.39, 0.29) is 11.9 Å². The van der Waals surface area contributed by atoms with Gasteiger partial charge in [-0.05, 0) is 61.8 Å². The summed E-state index contributed by atoms with van der Waals surface area (Å²) in [5.41, 5.74) is 0.986. The standard InChI is InChI=1S/C23H32N2O3/c1-18(19-6-7-21-17-22(27-3)9-8-20(21)16-19)23(26)28-15-5-4-10-25-13-11-24(2)12-14-25/h6-9,16-18H,4-5,10-15H2,1-3H3. The smallest absolute Gasteiger partial charge is 0.313 e. The minimum absolute atomic E-state index is 0.146. The Bertz CT molecular complexity index is 785. The number of ether oxygens (including phenoxy) is 2. The number of likely N-dealkylation sites (N-methyl/N-ethyl adjacent to an activating group) is 1. The highest BCUT2D eigenvalue weighted by molar-refractivity contribution is 5.86. The molecule has 0 saturated carbocycles. The Morgan fingerprint density at radius 3 is 2.50 bits per heavy atom. The van der Waals surface area contributed by atoms with Crippen LogP contribution in [0.15, 0.2) is 36.4 Å². The zero-order valence-electron chi connectivity index (χ0n) is 17.3. The second-order valence-corrected chi connectivity index (χ2v) is 7.71. The average molecular weight is 385 g/mol. The minimum Gasteiger partial charge on any atom is -0.497 e. The van der Waals surface area contributed by atoms with E-state index in [4.69, 9.17) is 9.47 Å². The van der Waals surface area contributed by atoms with Gasteiger partial charge in [0.05, 0.1) is 19.6 Å². The minimum atomic E-state index is -0.260. The third kappa shape index (κ3) is 5.46. The molecule has 2 aromatic rings. The van der Waals surface area contributed by atoms with Crippen LogP contribution in [0.2, 0.25) is 0 Å². The number of fused-ring (bicyclic) bond motifs is 1. The monoisotopic (exact) mass is 384 g/mol. The molecule has 0 N–H and O–H groups in total. The van der Waals surface area contributed by atoms with Crippen molar-refractivity contribution in [2.24, 2.45) is 0 Å². The van der Waals surface area contributed by atoms with Gasteiger partial charge in [0.25, 0.3) is 0 Å². The van der Waals surface area contributed by atoms with Gasteiger partial charge >= 0.3 is 5.97 Å². The van der Waals surface area contributed by atoms with Crippen molar-refractivity contribution < 1.29 is 14.3 Å². The lowest BCUT2D eigenvalue weighted by Crippen LogP contribution is -2.44. The summed E-state index contributed by atoms with van der Waals surface area (Å²) in [6, 6.07) is 12.1. The molecule has 0 bridgehead atoms. The van der Waals surface area contributed by atoms with Gasteiger partial charge < -0.3 is 19.3 Å². The van der Waals surface area contributed by atoms with Gasteiger partial charge in [0.2, 0.25) is 0 Å². The van der Waals surface area contributed by atoms with E-state index in [0.717, 1.165) is 67.7 Å². The molecule has 5 heteroatoms. The van der Waals surface area contributed by atoms with Gasteiger partial charge in [-0.25, -0.2) is 0 Å². The van der Waals surface area contributed by atoms with E-state index in [0.29, 0.717) is 6.61 Å². The molecule has 1 aliphatic heterocycles. The number of piperazine rings is 1. The number of carbonyl (C=O) groups excluding carboxylic acids is 1. The van der Waals surface area contributed by atoms with Crippen LogP contribution in [0, 0.1) is 0 Å². The molecule has 1 fully saturated rings. The summed E-state index contributed by atoms with van der Waals surface area (Å²) < 4.78 is 10.8. The molecule has 5 nitrogen and oxygen atoms in total. The molecule has 0 aliphatic carbocycles. The Kier molecular flexibility index (Phi) is 7.29. The van der Waals surface area contributed by atoms with Crippen molar-refractivity contribution >= 4 is 16.7 Å². The number of rotatable bonds is 8. The van der Waals surface area contributed by atoms with Crippen molar-refractivity contribution in [1.82, 2.24) is 9.80 Å². The summed E-state index contributed by atoms with van der Waals surface area (Å²) in [6.45, 7) is 8.08. The van der Waals surface area contributed by atoms with Gasteiger partial charge in [0.15, 0.2) is 0 Å². The largest absolute Gasteiger partial charge is 0.497 e. The summed E-state index contributed by atoms with van der Waals surface area (Å²) in [6.07, 6.45) is 1.99. The summed E-state index contributed by atoms with van der Waals surface area (Å²) in [7, 11) is 3.84. The van der Waals surface area contributed by atoms with Crippen molar-refractivity contribution in [2.75, 3.05) is 53.5 Å². The van der Waals surface area contributed by atoms with Crippen LogP contribution in [0.3, 0.4) is 0 Å². The van der Waals surface area contributed by atoms with E-state index in [2.05, 4.69) is 22.9 Å². The maximum Gasteiger partial charge on any atom is 0.313 e.